The van der Waals surface area contributed by atoms with Crippen molar-refractivity contribution in [3.8, 4) is 0 Å². The van der Waals surface area contributed by atoms with Gasteiger partial charge in [-0.3, -0.25) is 4.79 Å². The van der Waals surface area contributed by atoms with Gasteiger partial charge in [-0.1, -0.05) is 83.2 Å². The van der Waals surface area contributed by atoms with Gasteiger partial charge >= 0.3 is 11.9 Å². The van der Waals surface area contributed by atoms with Crippen LogP contribution in [0.5, 0.6) is 0 Å². The van der Waals surface area contributed by atoms with Gasteiger partial charge in [-0.25, -0.2) is 4.79 Å². The zero-order valence-electron chi connectivity index (χ0n) is 41.6. The monoisotopic (exact) mass is 953 g/mol. The van der Waals surface area contributed by atoms with E-state index in [0.29, 0.717) is 42.4 Å². The summed E-state index contributed by atoms with van der Waals surface area (Å²) in [6.07, 6.45) is 11.7. The van der Waals surface area contributed by atoms with Gasteiger partial charge in [0.05, 0.1) is 49.3 Å². The van der Waals surface area contributed by atoms with Crippen molar-refractivity contribution in [1.29, 1.82) is 0 Å². The Hall–Kier alpha value is -3.32. The van der Waals surface area contributed by atoms with Crippen LogP contribution < -0.4 is 0 Å². The fourth-order valence-corrected chi connectivity index (χ4v) is 11.0. The molecule has 7 aliphatic rings. The quantitative estimate of drug-likeness (QED) is 0.128. The minimum Gasteiger partial charge on any atom is -0.462 e. The topological polar surface area (TPSA) is 176 Å². The van der Waals surface area contributed by atoms with Crippen LogP contribution in [0.25, 0.3) is 0 Å². The van der Waals surface area contributed by atoms with Gasteiger partial charge in [-0.2, -0.15) is 0 Å². The molecule has 4 saturated heterocycles. The predicted molar refractivity (Wildman–Crippen MR) is 251 cm³/mol. The molecule has 2 N–H and O–H groups in total. The van der Waals surface area contributed by atoms with Gasteiger partial charge < -0.3 is 62.3 Å². The molecule has 378 valence electrons. The second-order valence-corrected chi connectivity index (χ2v) is 19.9. The highest BCUT2D eigenvalue weighted by Gasteiger charge is 2.60. The van der Waals surface area contributed by atoms with E-state index in [1.165, 1.54) is 12.2 Å². The summed E-state index contributed by atoms with van der Waals surface area (Å²) in [6.45, 7) is 19.8. The second-order valence-electron chi connectivity index (χ2n) is 19.9. The van der Waals surface area contributed by atoms with Crippen molar-refractivity contribution in [1.82, 2.24) is 0 Å². The number of aliphatic hydroxyl groups is 2. The predicted octanol–water partition coefficient (Wildman–Crippen LogP) is 6.67. The van der Waals surface area contributed by atoms with Crippen molar-refractivity contribution < 1.29 is 71.9 Å². The SMILES string of the molecule is C=CCOC(=O)/C=C1\C(C)OC(OC2C(C)OC(OC3/C(C)=C/CC4CC(CC5(C=CC(C)C(C(C)CC)O5)O4)OC(=O)C4C=C(C)C(O)C5OC/C(=C\C=C\C3C)C45O)CC2OC)CC1OC. The molecule has 0 radical (unpaired) electrons. The third-order valence-corrected chi connectivity index (χ3v) is 15.1. The third kappa shape index (κ3) is 11.2. The number of esters is 2. The summed E-state index contributed by atoms with van der Waals surface area (Å²) < 4.78 is 69.7. The normalized spacial score (nSPS) is 45.2. The van der Waals surface area contributed by atoms with E-state index in [1.54, 1.807) is 33.3 Å². The summed E-state index contributed by atoms with van der Waals surface area (Å²) in [6, 6.07) is 0. The first-order chi connectivity index (χ1) is 32.4. The van der Waals surface area contributed by atoms with E-state index in [2.05, 4.69) is 46.4 Å². The van der Waals surface area contributed by atoms with Crippen molar-refractivity contribution in [2.75, 3.05) is 27.4 Å². The van der Waals surface area contributed by atoms with Gasteiger partial charge in [0, 0.05) is 57.8 Å². The van der Waals surface area contributed by atoms with E-state index in [9.17, 15) is 19.8 Å². The summed E-state index contributed by atoms with van der Waals surface area (Å²) in [7, 11) is 3.22. The molecule has 2 bridgehead atoms. The summed E-state index contributed by atoms with van der Waals surface area (Å²) in [5.74, 6) is -3.14. The number of fused-ring (bicyclic) bond motifs is 2. The molecule has 0 saturated carbocycles. The molecule has 1 spiro atoms. The Morgan fingerprint density at radius 3 is 2.47 bits per heavy atom. The minimum atomic E-state index is -1.85. The Labute approximate surface area is 402 Å². The lowest BCUT2D eigenvalue weighted by molar-refractivity contribution is -0.305. The molecule has 19 unspecified atom stereocenters. The highest BCUT2D eigenvalue weighted by molar-refractivity contribution is 5.83. The third-order valence-electron chi connectivity index (χ3n) is 15.1. The molecule has 0 amide bonds. The van der Waals surface area contributed by atoms with Crippen molar-refractivity contribution in [3.05, 3.63) is 83.6 Å². The van der Waals surface area contributed by atoms with Crippen LogP contribution in [-0.4, -0.2) is 141 Å². The molecular formula is C53H76O15. The maximum atomic E-state index is 14.4. The number of hydrogen-bond acceptors (Lipinski definition) is 15. The van der Waals surface area contributed by atoms with Crippen LogP contribution in [0, 0.1) is 23.7 Å². The number of aliphatic hydroxyl groups excluding tert-OH is 1. The first-order valence-electron chi connectivity index (χ1n) is 24.6. The molecule has 15 heteroatoms. The lowest BCUT2D eigenvalue weighted by atomic mass is 9.71. The molecule has 15 nitrogen and oxygen atoms in total. The van der Waals surface area contributed by atoms with Crippen LogP contribution in [0.3, 0.4) is 0 Å². The first-order valence-corrected chi connectivity index (χ1v) is 24.6. The van der Waals surface area contributed by atoms with E-state index in [0.717, 1.165) is 12.0 Å². The van der Waals surface area contributed by atoms with Gasteiger partial charge in [0.1, 0.15) is 42.5 Å². The summed E-state index contributed by atoms with van der Waals surface area (Å²) in [5.41, 5.74) is 0.743. The number of allylic oxidation sites excluding steroid dienone is 2. The molecule has 68 heavy (non-hydrogen) atoms. The number of hydrogen-bond donors (Lipinski definition) is 2. The number of methoxy groups -OCH3 is 2. The molecule has 1 aliphatic carbocycles. The molecule has 0 aromatic heterocycles. The molecule has 0 aromatic rings. The number of carbonyl (C=O) groups is 2. The standard InChI is InChI=1S/C53H76O15/c1-12-21-60-43(54)24-39-34(8)62-44(25-41(39)58-10)66-49-35(9)63-45(26-42(49)59-11)65-47-30(4)15-14-16-36-28-61-50-46(55)33(7)22-40(53(36,50)57)51(56)64-38-23-37(18-17-31(47)5)67-52(27-38)20-19-32(6)48(68-52)29(3)13-2/h12,14-17,19-20,22,24,29-30,32,34-35,37-38,40-42,44-50,55,57H,1,13,18,21,23,25-28H2,2-11H3/b15-14+,31-17+,36-16+,39-24+. The largest absolute Gasteiger partial charge is 0.462 e. The van der Waals surface area contributed by atoms with E-state index >= 15 is 0 Å². The maximum Gasteiger partial charge on any atom is 0.331 e. The number of carbonyl (C=O) groups excluding carboxylic acids is 2. The zero-order valence-corrected chi connectivity index (χ0v) is 41.6. The average molecular weight is 953 g/mol. The van der Waals surface area contributed by atoms with Gasteiger partial charge in [0.25, 0.3) is 0 Å². The van der Waals surface area contributed by atoms with Crippen LogP contribution in [0.4, 0.5) is 0 Å². The highest BCUT2D eigenvalue weighted by Crippen LogP contribution is 2.47. The van der Waals surface area contributed by atoms with Crippen LogP contribution in [-0.2, 0) is 61.7 Å². The Kier molecular flexibility index (Phi) is 17.3. The van der Waals surface area contributed by atoms with Crippen molar-refractivity contribution in [3.63, 3.8) is 0 Å². The summed E-state index contributed by atoms with van der Waals surface area (Å²) >= 11 is 0. The Morgan fingerprint density at radius 1 is 0.985 bits per heavy atom. The highest BCUT2D eigenvalue weighted by atomic mass is 16.7. The zero-order chi connectivity index (χ0) is 49.1. The lowest BCUT2D eigenvalue weighted by Crippen LogP contribution is -2.58. The van der Waals surface area contributed by atoms with Crippen LogP contribution in [0.15, 0.2) is 83.6 Å². The first kappa shape index (κ1) is 52.5. The van der Waals surface area contributed by atoms with Gasteiger partial charge in [0.2, 0.25) is 0 Å². The van der Waals surface area contributed by atoms with Crippen LogP contribution in [0.1, 0.15) is 93.9 Å². The number of ether oxygens (including phenoxy) is 11. The van der Waals surface area contributed by atoms with E-state index in [-0.39, 0.29) is 43.5 Å². The maximum absolute atomic E-state index is 14.4. The Balaban J connectivity index is 1.14. The lowest BCUT2D eigenvalue weighted by Gasteiger charge is -2.48. The fraction of sp³-hybridized carbons (Fsp3) is 0.698. The minimum absolute atomic E-state index is 0.0198. The smallest absolute Gasteiger partial charge is 0.331 e. The van der Waals surface area contributed by atoms with Crippen LogP contribution in [0.2, 0.25) is 0 Å². The fourth-order valence-electron chi connectivity index (χ4n) is 11.0. The molecule has 0 aromatic carbocycles. The summed E-state index contributed by atoms with van der Waals surface area (Å²) in [5, 5.41) is 23.8. The molecule has 6 heterocycles. The molecule has 6 aliphatic heterocycles. The Bertz CT molecular complexity index is 1990. The van der Waals surface area contributed by atoms with Gasteiger partial charge in [-0.15, -0.1) is 0 Å². The van der Waals surface area contributed by atoms with Crippen molar-refractivity contribution >= 4 is 11.9 Å². The van der Waals surface area contributed by atoms with Gasteiger partial charge in [-0.05, 0) is 68.4 Å². The number of rotatable bonds is 11. The van der Waals surface area contributed by atoms with E-state index in [1.807, 2.05) is 39.0 Å². The Morgan fingerprint density at radius 2 is 1.75 bits per heavy atom. The summed E-state index contributed by atoms with van der Waals surface area (Å²) in [4.78, 5) is 26.8. The van der Waals surface area contributed by atoms with Crippen LogP contribution >= 0.6 is 0 Å². The van der Waals surface area contributed by atoms with E-state index in [4.69, 9.17) is 52.1 Å². The van der Waals surface area contributed by atoms with Crippen molar-refractivity contribution in [2.45, 2.75) is 185 Å². The molecule has 7 rings (SSSR count). The van der Waals surface area contributed by atoms with E-state index < -0.39 is 103 Å². The molecule has 4 fully saturated rings. The molecule has 19 atom stereocenters. The average Bonchev–Trinajstić information content (AvgIpc) is 3.65. The second kappa shape index (κ2) is 22.4. The molecular weight excluding hydrogens is 877 g/mol. The van der Waals surface area contributed by atoms with Crippen molar-refractivity contribution in [2.24, 2.45) is 23.7 Å². The van der Waals surface area contributed by atoms with Gasteiger partial charge in [0.15, 0.2) is 18.4 Å².